The van der Waals surface area contributed by atoms with Crippen molar-refractivity contribution in [2.24, 2.45) is 5.73 Å². The van der Waals surface area contributed by atoms with Gasteiger partial charge in [-0.25, -0.2) is 4.98 Å². The van der Waals surface area contributed by atoms with E-state index >= 15 is 0 Å². The summed E-state index contributed by atoms with van der Waals surface area (Å²) in [4.78, 5) is 15.9. The number of rotatable bonds is 4. The van der Waals surface area contributed by atoms with Crippen molar-refractivity contribution in [1.82, 2.24) is 14.9 Å². The molecule has 0 fully saturated rings. The highest BCUT2D eigenvalue weighted by Gasteiger charge is 2.13. The van der Waals surface area contributed by atoms with Crippen LogP contribution in [0, 0.1) is 0 Å². The second kappa shape index (κ2) is 8.02. The zero-order chi connectivity index (χ0) is 13.9. The first kappa shape index (κ1) is 19.4. The lowest BCUT2D eigenvalue weighted by Crippen LogP contribution is -2.45. The predicted octanol–water partition coefficient (Wildman–Crippen LogP) is 2.18. The number of hydrogen-bond acceptors (Lipinski definition) is 3. The number of hydrogen-bond donors (Lipinski definition) is 2. The van der Waals surface area contributed by atoms with Crippen molar-refractivity contribution < 1.29 is 4.79 Å². The smallest absolute Gasteiger partial charge is 0.251 e. The predicted molar refractivity (Wildman–Crippen MR) is 88.7 cm³/mol. The summed E-state index contributed by atoms with van der Waals surface area (Å²) in [6.45, 7) is 4.18. The molecule has 0 bridgehead atoms. The molecule has 5 nitrogen and oxygen atoms in total. The maximum absolute atomic E-state index is 11.9. The SMILES string of the molecule is CC(C)(N)CNC(=O)c1ccc(-n2ccnc2)cc1.Cl.Cl. The van der Waals surface area contributed by atoms with E-state index in [1.165, 1.54) is 0 Å². The molecule has 0 atom stereocenters. The van der Waals surface area contributed by atoms with Gasteiger partial charge in [0.05, 0.1) is 6.33 Å². The lowest BCUT2D eigenvalue weighted by atomic mass is 10.1. The summed E-state index contributed by atoms with van der Waals surface area (Å²) in [6, 6.07) is 7.33. The molecule has 7 heteroatoms. The van der Waals surface area contributed by atoms with Crippen LogP contribution in [0.4, 0.5) is 0 Å². The van der Waals surface area contributed by atoms with E-state index in [0.29, 0.717) is 12.1 Å². The van der Waals surface area contributed by atoms with Crippen LogP contribution in [0.25, 0.3) is 5.69 Å². The standard InChI is InChI=1S/C14H18N4O.2ClH/c1-14(2,15)9-17-13(19)11-3-5-12(6-4-11)18-8-7-16-10-18;;/h3-8,10H,9,15H2,1-2H3,(H,17,19);2*1H. The number of nitrogens with one attached hydrogen (secondary N) is 1. The van der Waals surface area contributed by atoms with E-state index in [1.807, 2.05) is 36.7 Å². The molecule has 2 aromatic rings. The van der Waals surface area contributed by atoms with Crippen LogP contribution >= 0.6 is 24.8 Å². The first-order valence-electron chi connectivity index (χ1n) is 6.11. The second-order valence-corrected chi connectivity index (χ2v) is 5.19. The van der Waals surface area contributed by atoms with E-state index in [-0.39, 0.29) is 30.7 Å². The zero-order valence-electron chi connectivity index (χ0n) is 11.9. The van der Waals surface area contributed by atoms with Gasteiger partial charge in [0.15, 0.2) is 0 Å². The van der Waals surface area contributed by atoms with Gasteiger partial charge >= 0.3 is 0 Å². The third kappa shape index (κ3) is 5.75. The monoisotopic (exact) mass is 330 g/mol. The molecule has 0 aliphatic heterocycles. The number of carbonyl (C=O) groups excluding carboxylic acids is 1. The van der Waals surface area contributed by atoms with Crippen molar-refractivity contribution in [1.29, 1.82) is 0 Å². The zero-order valence-corrected chi connectivity index (χ0v) is 13.6. The number of benzene rings is 1. The molecule has 0 unspecified atom stereocenters. The summed E-state index contributed by atoms with van der Waals surface area (Å²) >= 11 is 0. The lowest BCUT2D eigenvalue weighted by molar-refractivity contribution is 0.0946. The van der Waals surface area contributed by atoms with Gasteiger partial charge in [0, 0.05) is 35.7 Å². The summed E-state index contributed by atoms with van der Waals surface area (Å²) in [7, 11) is 0. The Balaban J connectivity index is 0.00000200. The quantitative estimate of drug-likeness (QED) is 0.902. The molecule has 0 aliphatic rings. The second-order valence-electron chi connectivity index (χ2n) is 5.19. The molecule has 3 N–H and O–H groups in total. The van der Waals surface area contributed by atoms with E-state index in [1.54, 1.807) is 24.7 Å². The van der Waals surface area contributed by atoms with Crippen LogP contribution in [0.3, 0.4) is 0 Å². The highest BCUT2D eigenvalue weighted by atomic mass is 35.5. The number of amides is 1. The van der Waals surface area contributed by atoms with Gasteiger partial charge in [-0.05, 0) is 38.1 Å². The molecule has 0 radical (unpaired) electrons. The Morgan fingerprint density at radius 1 is 1.29 bits per heavy atom. The normalized spacial score (nSPS) is 10.2. The van der Waals surface area contributed by atoms with Gasteiger partial charge in [0.25, 0.3) is 5.91 Å². The minimum Gasteiger partial charge on any atom is -0.350 e. The number of nitrogens with zero attached hydrogens (tertiary/aromatic N) is 2. The summed E-state index contributed by atoms with van der Waals surface area (Å²) in [5, 5.41) is 2.81. The Morgan fingerprint density at radius 2 is 1.90 bits per heavy atom. The van der Waals surface area contributed by atoms with E-state index in [9.17, 15) is 4.79 Å². The van der Waals surface area contributed by atoms with E-state index in [2.05, 4.69) is 10.3 Å². The lowest BCUT2D eigenvalue weighted by Gasteiger charge is -2.18. The van der Waals surface area contributed by atoms with E-state index < -0.39 is 5.54 Å². The van der Waals surface area contributed by atoms with Crippen molar-refractivity contribution >= 4 is 30.7 Å². The first-order valence-corrected chi connectivity index (χ1v) is 6.11. The highest BCUT2D eigenvalue weighted by molar-refractivity contribution is 5.94. The molecular weight excluding hydrogens is 311 g/mol. The van der Waals surface area contributed by atoms with Gasteiger partial charge in [-0.3, -0.25) is 4.79 Å². The molecule has 1 aromatic carbocycles. The molecule has 116 valence electrons. The highest BCUT2D eigenvalue weighted by Crippen LogP contribution is 2.09. The Labute approximate surface area is 136 Å². The fourth-order valence-electron chi connectivity index (χ4n) is 1.61. The topological polar surface area (TPSA) is 72.9 Å². The average Bonchev–Trinajstić information content (AvgIpc) is 2.89. The van der Waals surface area contributed by atoms with Crippen LogP contribution in [0.2, 0.25) is 0 Å². The summed E-state index contributed by atoms with van der Waals surface area (Å²) in [5.74, 6) is -0.115. The molecule has 0 saturated carbocycles. The minimum absolute atomic E-state index is 0. The molecular formula is C14H20Cl2N4O. The molecule has 0 saturated heterocycles. The largest absolute Gasteiger partial charge is 0.350 e. The third-order valence-electron chi connectivity index (χ3n) is 2.64. The number of halogens is 2. The van der Waals surface area contributed by atoms with Crippen molar-refractivity contribution in [2.75, 3.05) is 6.54 Å². The van der Waals surface area contributed by atoms with Crippen molar-refractivity contribution in [3.05, 3.63) is 48.5 Å². The van der Waals surface area contributed by atoms with Gasteiger partial charge in [-0.1, -0.05) is 0 Å². The number of aromatic nitrogens is 2. The maximum Gasteiger partial charge on any atom is 0.251 e. The van der Waals surface area contributed by atoms with Gasteiger partial charge in [0.2, 0.25) is 0 Å². The molecule has 1 amide bonds. The molecule has 21 heavy (non-hydrogen) atoms. The van der Waals surface area contributed by atoms with E-state index in [4.69, 9.17) is 5.73 Å². The molecule has 2 rings (SSSR count). The van der Waals surface area contributed by atoms with Gasteiger partial charge < -0.3 is 15.6 Å². The van der Waals surface area contributed by atoms with Crippen LogP contribution in [-0.2, 0) is 0 Å². The van der Waals surface area contributed by atoms with Gasteiger partial charge in [-0.15, -0.1) is 24.8 Å². The maximum atomic E-state index is 11.9. The van der Waals surface area contributed by atoms with Crippen LogP contribution in [-0.4, -0.2) is 27.5 Å². The molecule has 0 spiro atoms. The van der Waals surface area contributed by atoms with E-state index in [0.717, 1.165) is 5.69 Å². The van der Waals surface area contributed by atoms with Gasteiger partial charge in [-0.2, -0.15) is 0 Å². The Morgan fingerprint density at radius 3 is 2.38 bits per heavy atom. The Hall–Kier alpha value is -1.56. The first-order chi connectivity index (χ1) is 8.96. The summed E-state index contributed by atoms with van der Waals surface area (Å²) < 4.78 is 1.88. The van der Waals surface area contributed by atoms with Crippen LogP contribution in [0.15, 0.2) is 43.0 Å². The number of carbonyl (C=O) groups is 1. The van der Waals surface area contributed by atoms with Crippen LogP contribution < -0.4 is 11.1 Å². The fraction of sp³-hybridized carbons (Fsp3) is 0.286. The average molecular weight is 331 g/mol. The molecule has 0 aliphatic carbocycles. The number of nitrogens with two attached hydrogens (primary N) is 1. The third-order valence-corrected chi connectivity index (χ3v) is 2.64. The van der Waals surface area contributed by atoms with Crippen LogP contribution in [0.5, 0.6) is 0 Å². The van der Waals surface area contributed by atoms with Gasteiger partial charge in [0.1, 0.15) is 0 Å². The minimum atomic E-state index is -0.410. The Kier molecular flexibility index (Phi) is 7.43. The molecule has 1 heterocycles. The van der Waals surface area contributed by atoms with Crippen molar-refractivity contribution in [2.45, 2.75) is 19.4 Å². The van der Waals surface area contributed by atoms with Crippen LogP contribution in [0.1, 0.15) is 24.2 Å². The number of imidazole rings is 1. The summed E-state index contributed by atoms with van der Waals surface area (Å²) in [6.07, 6.45) is 5.28. The summed E-state index contributed by atoms with van der Waals surface area (Å²) in [5.41, 5.74) is 7.00. The fourth-order valence-corrected chi connectivity index (χ4v) is 1.61. The Bertz CT molecular complexity index is 547. The van der Waals surface area contributed by atoms with Crippen molar-refractivity contribution in [3.8, 4) is 5.69 Å². The van der Waals surface area contributed by atoms with Crippen molar-refractivity contribution in [3.63, 3.8) is 0 Å². The molecule has 1 aromatic heterocycles.